The SMILES string of the molecule is [2H]C([2H])([2H])c1cc(-n2c3[c-]c(Oc4[c-]c(N5[CH-]N(c6cc(C(C)(C)C)cc(C(C)(C)C)c6)c6ccccc65)ccc4)ccc3c3c(F)cccc32)ncc1-c1ccc(C(C)(C)C)cc1.[Pt]. The molecule has 0 unspecified atom stereocenters. The van der Waals surface area contributed by atoms with Crippen molar-refractivity contribution < 1.29 is 34.3 Å². The third-order valence-corrected chi connectivity index (χ3v) is 11.6. The topological polar surface area (TPSA) is 33.5 Å². The molecule has 2 aromatic heterocycles. The van der Waals surface area contributed by atoms with E-state index in [1.807, 2.05) is 54.6 Å². The van der Waals surface area contributed by atoms with Crippen LogP contribution in [0, 0.1) is 31.5 Å². The van der Waals surface area contributed by atoms with E-state index in [9.17, 15) is 0 Å². The summed E-state index contributed by atoms with van der Waals surface area (Å²) in [6.45, 7) is 19.5. The van der Waals surface area contributed by atoms with Crippen molar-refractivity contribution in [2.24, 2.45) is 0 Å². The maximum atomic E-state index is 15.8. The predicted molar refractivity (Wildman–Crippen MR) is 250 cm³/mol. The van der Waals surface area contributed by atoms with Gasteiger partial charge in [-0.25, -0.2) is 9.37 Å². The first-order valence-electron chi connectivity index (χ1n) is 22.3. The van der Waals surface area contributed by atoms with Crippen molar-refractivity contribution in [2.75, 3.05) is 9.80 Å². The Morgan fingerprint density at radius 2 is 1.31 bits per heavy atom. The van der Waals surface area contributed by atoms with Gasteiger partial charge in [-0.15, -0.1) is 42.7 Å². The van der Waals surface area contributed by atoms with Crippen molar-refractivity contribution >= 4 is 44.6 Å². The van der Waals surface area contributed by atoms with Crippen LogP contribution in [-0.2, 0) is 37.3 Å². The molecule has 7 heteroatoms. The monoisotopic (exact) mass is 1000 g/mol. The molecule has 9 rings (SSSR count). The van der Waals surface area contributed by atoms with Gasteiger partial charge in [0.05, 0.1) is 0 Å². The number of rotatable bonds is 6. The number of pyridine rings is 1. The van der Waals surface area contributed by atoms with E-state index in [-0.39, 0.29) is 42.9 Å². The molecule has 0 atom stereocenters. The summed E-state index contributed by atoms with van der Waals surface area (Å²) < 4.78 is 49.8. The van der Waals surface area contributed by atoms with Crippen molar-refractivity contribution in [3.8, 4) is 28.4 Å². The van der Waals surface area contributed by atoms with Gasteiger partial charge in [0.2, 0.25) is 0 Å². The van der Waals surface area contributed by atoms with E-state index in [2.05, 4.69) is 127 Å². The van der Waals surface area contributed by atoms with Crippen molar-refractivity contribution in [2.45, 2.75) is 85.4 Å². The van der Waals surface area contributed by atoms with Crippen LogP contribution in [0.25, 0.3) is 38.8 Å². The summed E-state index contributed by atoms with van der Waals surface area (Å²) in [7, 11) is 0. The Hall–Kier alpha value is -5.71. The van der Waals surface area contributed by atoms with Crippen LogP contribution >= 0.6 is 0 Å². The van der Waals surface area contributed by atoms with Crippen molar-refractivity contribution in [1.82, 2.24) is 9.55 Å². The second-order valence-electron chi connectivity index (χ2n) is 19.1. The fraction of sp³-hybridized carbons (Fsp3) is 0.236. The van der Waals surface area contributed by atoms with Gasteiger partial charge in [-0.3, -0.25) is 0 Å². The summed E-state index contributed by atoms with van der Waals surface area (Å²) in [4.78, 5) is 9.19. The van der Waals surface area contributed by atoms with Gasteiger partial charge in [-0.1, -0.05) is 122 Å². The van der Waals surface area contributed by atoms with Gasteiger partial charge in [0.1, 0.15) is 11.6 Å². The van der Waals surface area contributed by atoms with E-state index in [0.29, 0.717) is 44.7 Å². The fourth-order valence-corrected chi connectivity index (χ4v) is 8.05. The zero-order valence-electron chi connectivity index (χ0n) is 39.6. The van der Waals surface area contributed by atoms with E-state index in [1.54, 1.807) is 35.0 Å². The first kappa shape index (κ1) is 39.2. The number of ether oxygens (including phenoxy) is 1. The van der Waals surface area contributed by atoms with Gasteiger partial charge in [0.25, 0.3) is 0 Å². The summed E-state index contributed by atoms with van der Waals surface area (Å²) in [5.74, 6) is 0.745. The molecule has 0 radical (unpaired) electrons. The van der Waals surface area contributed by atoms with Crippen LogP contribution in [0.4, 0.5) is 27.1 Å². The predicted octanol–water partition coefficient (Wildman–Crippen LogP) is 15.0. The molecular weight excluding hydrogens is 947 g/mol. The Morgan fingerprint density at radius 3 is 1.97 bits per heavy atom. The molecule has 0 N–H and O–H groups in total. The number of para-hydroxylation sites is 2. The zero-order valence-corrected chi connectivity index (χ0v) is 38.9. The normalized spacial score (nSPS) is 14.1. The Morgan fingerprint density at radius 1 is 0.661 bits per heavy atom. The van der Waals surface area contributed by atoms with Gasteiger partial charge in [0, 0.05) is 71.0 Å². The van der Waals surface area contributed by atoms with Crippen LogP contribution in [-0.4, -0.2) is 9.55 Å². The second-order valence-corrected chi connectivity index (χ2v) is 19.1. The maximum absolute atomic E-state index is 15.8. The van der Waals surface area contributed by atoms with Crippen LogP contribution in [0.15, 0.2) is 128 Å². The Labute approximate surface area is 384 Å². The number of nitrogens with zero attached hydrogens (tertiary/aromatic N) is 4. The van der Waals surface area contributed by atoms with Crippen LogP contribution in [0.2, 0.25) is 0 Å². The molecule has 62 heavy (non-hydrogen) atoms. The van der Waals surface area contributed by atoms with E-state index < -0.39 is 12.7 Å². The number of fused-ring (bicyclic) bond motifs is 4. The molecule has 1 aliphatic rings. The number of anilines is 4. The molecule has 0 bridgehead atoms. The quantitative estimate of drug-likeness (QED) is 0.155. The number of hydrogen-bond donors (Lipinski definition) is 0. The molecule has 6 aromatic carbocycles. The van der Waals surface area contributed by atoms with Gasteiger partial charge in [0.15, 0.2) is 0 Å². The standard InChI is InChI=1S/C55H52FN4O.Pt/c1-35-27-51(57-33-45(35)36-21-23-37(24-22-36)53(2,3)4)60-49-20-14-17-46(56)52(49)44-26-25-43(32-50(44)60)61-42-16-13-15-40(31-42)58-34-59(48-19-12-11-18-47(48)58)41-29-38(54(5,6)7)28-39(30-41)55(8,9)10;/h11-30,33-34H,1-10H3;/q-3;/i1D3;. The molecular formula is C55H52FN4OPt-3. The van der Waals surface area contributed by atoms with Crippen LogP contribution < -0.4 is 14.5 Å². The zero-order chi connectivity index (χ0) is 45.5. The summed E-state index contributed by atoms with van der Waals surface area (Å²) in [6.07, 6.45) is 1.60. The van der Waals surface area contributed by atoms with Crippen molar-refractivity contribution in [3.63, 3.8) is 0 Å². The molecule has 0 amide bonds. The molecule has 5 nitrogen and oxygen atoms in total. The van der Waals surface area contributed by atoms with Gasteiger partial charge in [-0.2, -0.15) is 12.1 Å². The summed E-state index contributed by atoms with van der Waals surface area (Å²) >= 11 is 0. The molecule has 0 saturated heterocycles. The van der Waals surface area contributed by atoms with Gasteiger partial charge >= 0.3 is 0 Å². The Kier molecular flexibility index (Phi) is 10.0. The smallest absolute Gasteiger partial charge is 0.135 e. The minimum atomic E-state index is -2.46. The molecule has 318 valence electrons. The van der Waals surface area contributed by atoms with Crippen LogP contribution in [0.1, 0.15) is 88.7 Å². The largest absolute Gasteiger partial charge is 0.509 e. The van der Waals surface area contributed by atoms with E-state index >= 15 is 4.39 Å². The van der Waals surface area contributed by atoms with Crippen molar-refractivity contribution in [3.05, 3.63) is 174 Å². The summed E-state index contributed by atoms with van der Waals surface area (Å²) in [6, 6.07) is 45.8. The molecule has 0 aliphatic carbocycles. The molecule has 0 saturated carbocycles. The Balaban J connectivity index is 0.00000576. The van der Waals surface area contributed by atoms with E-state index in [1.165, 1.54) is 17.2 Å². The molecule has 0 fully saturated rings. The van der Waals surface area contributed by atoms with Crippen molar-refractivity contribution in [1.29, 1.82) is 0 Å². The third kappa shape index (κ3) is 7.95. The Bertz CT molecular complexity index is 3050. The van der Waals surface area contributed by atoms with Gasteiger partial charge in [-0.05, 0) is 98.8 Å². The summed E-state index contributed by atoms with van der Waals surface area (Å²) in [5, 5.41) is 0.967. The number of benzene rings is 6. The van der Waals surface area contributed by atoms with Gasteiger partial charge < -0.3 is 19.1 Å². The van der Waals surface area contributed by atoms with E-state index in [4.69, 9.17) is 13.8 Å². The number of hydrogen-bond acceptors (Lipinski definition) is 4. The second kappa shape index (κ2) is 15.9. The fourth-order valence-electron chi connectivity index (χ4n) is 8.05. The van der Waals surface area contributed by atoms with Crippen LogP contribution in [0.5, 0.6) is 11.5 Å². The molecule has 8 aromatic rings. The minimum Gasteiger partial charge on any atom is -0.509 e. The van der Waals surface area contributed by atoms with Crippen LogP contribution in [0.3, 0.4) is 0 Å². The minimum absolute atomic E-state index is 0. The third-order valence-electron chi connectivity index (χ3n) is 11.6. The molecule has 0 spiro atoms. The molecule has 3 heterocycles. The van der Waals surface area contributed by atoms with E-state index in [0.717, 1.165) is 33.9 Å². The number of halogens is 1. The maximum Gasteiger partial charge on any atom is 0.135 e. The average Bonchev–Trinajstić information content (AvgIpc) is 3.79. The number of aromatic nitrogens is 2. The first-order valence-corrected chi connectivity index (χ1v) is 20.8. The number of aryl methyl sites for hydroxylation is 1. The summed E-state index contributed by atoms with van der Waals surface area (Å²) in [5.41, 5.74) is 9.86. The molecule has 1 aliphatic heterocycles. The average molecular weight is 1000 g/mol. The first-order chi connectivity index (χ1) is 30.1.